The van der Waals surface area contributed by atoms with E-state index < -0.39 is 0 Å². The molecule has 0 bridgehead atoms. The second-order valence-electron chi connectivity index (χ2n) is 8.04. The lowest BCUT2D eigenvalue weighted by Gasteiger charge is -2.34. The Hall–Kier alpha value is -2.28. The Morgan fingerprint density at radius 1 is 1.00 bits per heavy atom. The van der Waals surface area contributed by atoms with Gasteiger partial charge in [-0.25, -0.2) is 0 Å². The predicted molar refractivity (Wildman–Crippen MR) is 107 cm³/mol. The molecule has 0 N–H and O–H groups in total. The van der Waals surface area contributed by atoms with Gasteiger partial charge < -0.3 is 4.90 Å². The fourth-order valence-electron chi connectivity index (χ4n) is 4.39. The predicted octanol–water partition coefficient (Wildman–Crippen LogP) is 2.67. The van der Waals surface area contributed by atoms with Crippen molar-refractivity contribution in [1.29, 1.82) is 0 Å². The van der Waals surface area contributed by atoms with Gasteiger partial charge in [0.1, 0.15) is 0 Å². The van der Waals surface area contributed by atoms with Gasteiger partial charge in [0.2, 0.25) is 5.91 Å². The molecule has 1 saturated carbocycles. The standard InChI is InChI=1S/C21H30N6O/c28-21(12-11-18-7-3-1-4-8-18)26-15-13-25(14-16-26)17-20-22-23-24-27(20)19-9-5-2-6-10-19/h2,5-6,9-10,18H,1,3-4,7-8,11-17H2. The summed E-state index contributed by atoms with van der Waals surface area (Å²) >= 11 is 0. The quantitative estimate of drug-likeness (QED) is 0.768. The molecule has 2 aliphatic rings. The number of nitrogens with zero attached hydrogens (tertiary/aromatic N) is 6. The Kier molecular flexibility index (Phi) is 6.31. The second kappa shape index (κ2) is 9.28. The molecule has 150 valence electrons. The number of rotatable bonds is 6. The fraction of sp³-hybridized carbons (Fsp3) is 0.619. The van der Waals surface area contributed by atoms with Crippen molar-refractivity contribution in [1.82, 2.24) is 30.0 Å². The van der Waals surface area contributed by atoms with Crippen molar-refractivity contribution >= 4 is 5.91 Å². The van der Waals surface area contributed by atoms with Crippen molar-refractivity contribution in [3.63, 3.8) is 0 Å². The van der Waals surface area contributed by atoms with E-state index in [0.717, 1.165) is 56.5 Å². The van der Waals surface area contributed by atoms with E-state index in [0.29, 0.717) is 12.5 Å². The van der Waals surface area contributed by atoms with Gasteiger partial charge in [-0.2, -0.15) is 4.68 Å². The summed E-state index contributed by atoms with van der Waals surface area (Å²) in [4.78, 5) is 16.9. The molecule has 0 spiro atoms. The van der Waals surface area contributed by atoms with E-state index in [4.69, 9.17) is 0 Å². The number of amides is 1. The number of hydrogen-bond donors (Lipinski definition) is 0. The van der Waals surface area contributed by atoms with Crippen LogP contribution in [0.1, 0.15) is 50.8 Å². The van der Waals surface area contributed by atoms with E-state index in [1.165, 1.54) is 32.1 Å². The summed E-state index contributed by atoms with van der Waals surface area (Å²) in [5.74, 6) is 1.94. The lowest BCUT2D eigenvalue weighted by Crippen LogP contribution is -2.48. The van der Waals surface area contributed by atoms with Crippen LogP contribution < -0.4 is 0 Å². The first-order valence-electron chi connectivity index (χ1n) is 10.6. The summed E-state index contributed by atoms with van der Waals surface area (Å²) in [6, 6.07) is 9.96. The highest BCUT2D eigenvalue weighted by Crippen LogP contribution is 2.27. The molecule has 0 radical (unpaired) electrons. The molecular weight excluding hydrogens is 352 g/mol. The zero-order chi connectivity index (χ0) is 19.2. The fourth-order valence-corrected chi connectivity index (χ4v) is 4.39. The van der Waals surface area contributed by atoms with Gasteiger partial charge in [-0.1, -0.05) is 50.3 Å². The number of carbonyl (C=O) groups excluding carboxylic acids is 1. The molecule has 2 heterocycles. The maximum atomic E-state index is 12.6. The lowest BCUT2D eigenvalue weighted by atomic mass is 9.86. The Morgan fingerprint density at radius 3 is 2.50 bits per heavy atom. The van der Waals surface area contributed by atoms with Crippen LogP contribution in [0.5, 0.6) is 0 Å². The minimum Gasteiger partial charge on any atom is -0.340 e. The van der Waals surface area contributed by atoms with E-state index in [1.807, 2.05) is 35.2 Å². The van der Waals surface area contributed by atoms with Crippen molar-refractivity contribution in [3.8, 4) is 5.69 Å². The van der Waals surface area contributed by atoms with Crippen molar-refractivity contribution < 1.29 is 4.79 Å². The molecule has 7 heteroatoms. The van der Waals surface area contributed by atoms with Crippen molar-refractivity contribution in [2.75, 3.05) is 26.2 Å². The second-order valence-corrected chi connectivity index (χ2v) is 8.04. The van der Waals surface area contributed by atoms with Crippen LogP contribution in [0, 0.1) is 5.92 Å². The maximum absolute atomic E-state index is 12.6. The average molecular weight is 383 g/mol. The van der Waals surface area contributed by atoms with Crippen LogP contribution in [0.15, 0.2) is 30.3 Å². The minimum absolute atomic E-state index is 0.333. The first kappa shape index (κ1) is 19.1. The summed E-state index contributed by atoms with van der Waals surface area (Å²) in [5, 5.41) is 12.2. The Morgan fingerprint density at radius 2 is 1.75 bits per heavy atom. The van der Waals surface area contributed by atoms with Gasteiger partial charge in [-0.15, -0.1) is 5.10 Å². The van der Waals surface area contributed by atoms with E-state index >= 15 is 0 Å². The van der Waals surface area contributed by atoms with Crippen LogP contribution in [0.25, 0.3) is 5.69 Å². The molecule has 1 aromatic carbocycles. The number of piperazine rings is 1. The van der Waals surface area contributed by atoms with Crippen LogP contribution >= 0.6 is 0 Å². The van der Waals surface area contributed by atoms with Gasteiger partial charge in [0.15, 0.2) is 5.82 Å². The minimum atomic E-state index is 0.333. The molecule has 4 rings (SSSR count). The third-order valence-corrected chi connectivity index (χ3v) is 6.12. The number of benzene rings is 1. The summed E-state index contributed by atoms with van der Waals surface area (Å²) < 4.78 is 1.79. The SMILES string of the molecule is O=C(CCC1CCCCC1)N1CCN(Cc2nnnn2-c2ccccc2)CC1. The molecule has 0 unspecified atom stereocenters. The highest BCUT2D eigenvalue weighted by Gasteiger charge is 2.23. The lowest BCUT2D eigenvalue weighted by molar-refractivity contribution is -0.133. The van der Waals surface area contributed by atoms with Gasteiger partial charge in [0.25, 0.3) is 0 Å². The van der Waals surface area contributed by atoms with Crippen LogP contribution in [-0.4, -0.2) is 62.1 Å². The van der Waals surface area contributed by atoms with Gasteiger partial charge >= 0.3 is 0 Å². The molecule has 1 aliphatic carbocycles. The molecule has 7 nitrogen and oxygen atoms in total. The number of para-hydroxylation sites is 1. The Bertz CT molecular complexity index is 747. The molecule has 1 aromatic heterocycles. The van der Waals surface area contributed by atoms with Crippen LogP contribution in [0.3, 0.4) is 0 Å². The van der Waals surface area contributed by atoms with Crippen molar-refractivity contribution in [2.24, 2.45) is 5.92 Å². The highest BCUT2D eigenvalue weighted by atomic mass is 16.2. The molecule has 2 fully saturated rings. The first-order valence-corrected chi connectivity index (χ1v) is 10.6. The maximum Gasteiger partial charge on any atom is 0.222 e. The Labute approximate surface area is 166 Å². The Balaban J connectivity index is 1.25. The molecule has 28 heavy (non-hydrogen) atoms. The number of hydrogen-bond acceptors (Lipinski definition) is 5. The smallest absolute Gasteiger partial charge is 0.222 e. The number of aromatic nitrogens is 4. The zero-order valence-electron chi connectivity index (χ0n) is 16.5. The van der Waals surface area contributed by atoms with Gasteiger partial charge in [-0.3, -0.25) is 9.69 Å². The molecule has 2 aromatic rings. The molecular formula is C21H30N6O. The zero-order valence-corrected chi connectivity index (χ0v) is 16.5. The third-order valence-electron chi connectivity index (χ3n) is 6.12. The summed E-state index contributed by atoms with van der Waals surface area (Å²) in [5.41, 5.74) is 0.971. The monoisotopic (exact) mass is 382 g/mol. The largest absolute Gasteiger partial charge is 0.340 e. The van der Waals surface area contributed by atoms with E-state index in [1.54, 1.807) is 4.68 Å². The van der Waals surface area contributed by atoms with Gasteiger partial charge in [0, 0.05) is 32.6 Å². The molecule has 1 amide bonds. The van der Waals surface area contributed by atoms with Crippen LogP contribution in [-0.2, 0) is 11.3 Å². The number of tetrazole rings is 1. The van der Waals surface area contributed by atoms with Crippen LogP contribution in [0.4, 0.5) is 0 Å². The molecule has 1 aliphatic heterocycles. The van der Waals surface area contributed by atoms with E-state index in [2.05, 4.69) is 20.4 Å². The van der Waals surface area contributed by atoms with E-state index in [-0.39, 0.29) is 0 Å². The number of carbonyl (C=O) groups is 1. The van der Waals surface area contributed by atoms with Crippen molar-refractivity contribution in [3.05, 3.63) is 36.2 Å². The average Bonchev–Trinajstić information content (AvgIpc) is 3.22. The summed E-state index contributed by atoms with van der Waals surface area (Å²) in [6.07, 6.45) is 8.50. The highest BCUT2D eigenvalue weighted by molar-refractivity contribution is 5.76. The third kappa shape index (κ3) is 4.76. The topological polar surface area (TPSA) is 67.2 Å². The molecule has 1 saturated heterocycles. The van der Waals surface area contributed by atoms with E-state index in [9.17, 15) is 4.79 Å². The van der Waals surface area contributed by atoms with Gasteiger partial charge in [0.05, 0.1) is 12.2 Å². The summed E-state index contributed by atoms with van der Waals surface area (Å²) in [6.45, 7) is 4.05. The van der Waals surface area contributed by atoms with Gasteiger partial charge in [-0.05, 0) is 34.9 Å². The summed E-state index contributed by atoms with van der Waals surface area (Å²) in [7, 11) is 0. The molecule has 0 atom stereocenters. The normalized spacial score (nSPS) is 19.1. The first-order chi connectivity index (χ1) is 13.8. The van der Waals surface area contributed by atoms with Crippen LogP contribution in [0.2, 0.25) is 0 Å². The van der Waals surface area contributed by atoms with Crippen molar-refractivity contribution in [2.45, 2.75) is 51.5 Å².